The van der Waals surface area contributed by atoms with Crippen LogP contribution in [0, 0.1) is 0 Å². The van der Waals surface area contributed by atoms with Gasteiger partial charge in [0.05, 0.1) is 6.54 Å². The molecule has 1 fully saturated rings. The summed E-state index contributed by atoms with van der Waals surface area (Å²) in [6.07, 6.45) is 3.87. The van der Waals surface area contributed by atoms with Crippen molar-refractivity contribution >= 4 is 11.8 Å². The van der Waals surface area contributed by atoms with E-state index in [4.69, 9.17) is 0 Å². The fraction of sp³-hybridized carbons (Fsp3) is 0.833. The van der Waals surface area contributed by atoms with Crippen LogP contribution in [0.2, 0.25) is 0 Å². The van der Waals surface area contributed by atoms with Gasteiger partial charge < -0.3 is 10.2 Å². The molecule has 16 heavy (non-hydrogen) atoms. The normalized spacial score (nSPS) is 25.8. The second kappa shape index (κ2) is 5.32. The van der Waals surface area contributed by atoms with Gasteiger partial charge in [0, 0.05) is 6.54 Å². The third-order valence-electron chi connectivity index (χ3n) is 3.46. The molecule has 1 aliphatic rings. The van der Waals surface area contributed by atoms with Gasteiger partial charge in [0.1, 0.15) is 5.54 Å². The van der Waals surface area contributed by atoms with Crippen LogP contribution in [0.25, 0.3) is 0 Å². The van der Waals surface area contributed by atoms with E-state index >= 15 is 0 Å². The zero-order chi connectivity index (χ0) is 12.2. The number of unbranched alkanes of at least 4 members (excludes halogenated alkanes) is 2. The van der Waals surface area contributed by atoms with Crippen LogP contribution in [0.1, 0.15) is 46.5 Å². The number of carbonyl (C=O) groups excluding carboxylic acids is 2. The van der Waals surface area contributed by atoms with Crippen molar-refractivity contribution in [2.45, 2.75) is 52.0 Å². The molecular formula is C12H22N2O2. The Morgan fingerprint density at radius 2 is 2.00 bits per heavy atom. The molecular weight excluding hydrogens is 204 g/mol. The molecule has 1 unspecified atom stereocenters. The minimum Gasteiger partial charge on any atom is -0.345 e. The maximum atomic E-state index is 11.8. The van der Waals surface area contributed by atoms with Crippen molar-refractivity contribution in [2.75, 3.05) is 13.1 Å². The second-order valence-electron chi connectivity index (χ2n) is 4.56. The molecule has 0 aromatic carbocycles. The van der Waals surface area contributed by atoms with Gasteiger partial charge in [0.25, 0.3) is 0 Å². The van der Waals surface area contributed by atoms with Crippen LogP contribution < -0.4 is 5.32 Å². The lowest BCUT2D eigenvalue weighted by Crippen LogP contribution is -2.65. The zero-order valence-electron chi connectivity index (χ0n) is 10.5. The molecule has 0 bridgehead atoms. The summed E-state index contributed by atoms with van der Waals surface area (Å²) < 4.78 is 0. The van der Waals surface area contributed by atoms with Crippen LogP contribution in [0.15, 0.2) is 0 Å². The summed E-state index contributed by atoms with van der Waals surface area (Å²) >= 11 is 0. The Hall–Kier alpha value is -1.06. The highest BCUT2D eigenvalue weighted by Crippen LogP contribution is 2.23. The average molecular weight is 226 g/mol. The van der Waals surface area contributed by atoms with Crippen LogP contribution in [0.4, 0.5) is 0 Å². The maximum absolute atomic E-state index is 11.8. The lowest BCUT2D eigenvalue weighted by Gasteiger charge is -2.43. The van der Waals surface area contributed by atoms with E-state index in [-0.39, 0.29) is 18.4 Å². The third kappa shape index (κ3) is 2.36. The van der Waals surface area contributed by atoms with Gasteiger partial charge in [-0.3, -0.25) is 9.59 Å². The summed E-state index contributed by atoms with van der Waals surface area (Å²) in [5, 5.41) is 2.66. The fourth-order valence-corrected chi connectivity index (χ4v) is 2.08. The van der Waals surface area contributed by atoms with E-state index in [0.29, 0.717) is 13.0 Å². The molecule has 0 aromatic heterocycles. The van der Waals surface area contributed by atoms with Crippen molar-refractivity contribution < 1.29 is 9.59 Å². The summed E-state index contributed by atoms with van der Waals surface area (Å²) in [5.74, 6) is 0.0196. The first-order chi connectivity index (χ1) is 7.56. The van der Waals surface area contributed by atoms with Crippen molar-refractivity contribution in [3.63, 3.8) is 0 Å². The van der Waals surface area contributed by atoms with Crippen molar-refractivity contribution in [1.82, 2.24) is 10.2 Å². The van der Waals surface area contributed by atoms with Gasteiger partial charge in [0.2, 0.25) is 11.8 Å². The lowest BCUT2D eigenvalue weighted by atomic mass is 9.92. The maximum Gasteiger partial charge on any atom is 0.246 e. The standard InChI is InChI=1S/C12H22N2O2/c1-4-6-7-8-14-10(15)9-13-11(16)12(14,3)5-2/h4-9H2,1-3H3,(H,13,16). The summed E-state index contributed by atoms with van der Waals surface area (Å²) in [7, 11) is 0. The van der Waals surface area contributed by atoms with Gasteiger partial charge >= 0.3 is 0 Å². The van der Waals surface area contributed by atoms with Crippen LogP contribution in [-0.2, 0) is 9.59 Å². The van der Waals surface area contributed by atoms with Crippen LogP contribution >= 0.6 is 0 Å². The van der Waals surface area contributed by atoms with Crippen LogP contribution in [0.3, 0.4) is 0 Å². The Balaban J connectivity index is 2.73. The molecule has 0 radical (unpaired) electrons. The Morgan fingerprint density at radius 1 is 1.31 bits per heavy atom. The van der Waals surface area contributed by atoms with Gasteiger partial charge in [-0.2, -0.15) is 0 Å². The van der Waals surface area contributed by atoms with Crippen LogP contribution in [0.5, 0.6) is 0 Å². The van der Waals surface area contributed by atoms with Gasteiger partial charge in [-0.1, -0.05) is 26.7 Å². The van der Waals surface area contributed by atoms with Crippen molar-refractivity contribution in [3.8, 4) is 0 Å². The first kappa shape index (κ1) is 13.0. The van der Waals surface area contributed by atoms with E-state index in [2.05, 4.69) is 12.2 Å². The van der Waals surface area contributed by atoms with E-state index in [9.17, 15) is 9.59 Å². The summed E-state index contributed by atoms with van der Waals surface area (Å²) in [6, 6.07) is 0. The lowest BCUT2D eigenvalue weighted by molar-refractivity contribution is -0.152. The van der Waals surface area contributed by atoms with Gasteiger partial charge in [-0.05, 0) is 19.8 Å². The molecule has 0 aliphatic carbocycles. The molecule has 1 saturated heterocycles. The molecule has 4 heteroatoms. The zero-order valence-corrected chi connectivity index (χ0v) is 10.5. The minimum absolute atomic E-state index is 0.0221. The van der Waals surface area contributed by atoms with Crippen molar-refractivity contribution in [1.29, 1.82) is 0 Å². The van der Waals surface area contributed by atoms with Crippen molar-refractivity contribution in [2.24, 2.45) is 0 Å². The summed E-state index contributed by atoms with van der Waals surface area (Å²) in [6.45, 7) is 6.78. The smallest absolute Gasteiger partial charge is 0.246 e. The van der Waals surface area contributed by atoms with Gasteiger partial charge in [-0.15, -0.1) is 0 Å². The molecule has 0 saturated carbocycles. The first-order valence-electron chi connectivity index (χ1n) is 6.15. The molecule has 1 atom stereocenters. The number of rotatable bonds is 5. The number of nitrogens with zero attached hydrogens (tertiary/aromatic N) is 1. The number of hydrogen-bond donors (Lipinski definition) is 1. The molecule has 1 heterocycles. The third-order valence-corrected chi connectivity index (χ3v) is 3.46. The number of hydrogen-bond acceptors (Lipinski definition) is 2. The number of piperazine rings is 1. The molecule has 0 aromatic rings. The van der Waals surface area contributed by atoms with E-state index in [1.165, 1.54) is 0 Å². The molecule has 1 N–H and O–H groups in total. The Morgan fingerprint density at radius 3 is 2.56 bits per heavy atom. The monoisotopic (exact) mass is 226 g/mol. The largest absolute Gasteiger partial charge is 0.345 e. The highest BCUT2D eigenvalue weighted by Gasteiger charge is 2.43. The number of amides is 2. The minimum atomic E-state index is -0.650. The van der Waals surface area contributed by atoms with Crippen molar-refractivity contribution in [3.05, 3.63) is 0 Å². The average Bonchev–Trinajstić information content (AvgIpc) is 2.28. The predicted octanol–water partition coefficient (Wildman–Crippen LogP) is 1.30. The number of carbonyl (C=O) groups is 2. The summed E-state index contributed by atoms with van der Waals surface area (Å²) in [5.41, 5.74) is -0.650. The topological polar surface area (TPSA) is 49.4 Å². The molecule has 2 amide bonds. The van der Waals surface area contributed by atoms with E-state index in [1.54, 1.807) is 4.90 Å². The fourth-order valence-electron chi connectivity index (χ4n) is 2.08. The highest BCUT2D eigenvalue weighted by atomic mass is 16.2. The first-order valence-corrected chi connectivity index (χ1v) is 6.15. The number of nitrogens with one attached hydrogen (secondary N) is 1. The predicted molar refractivity (Wildman–Crippen MR) is 62.9 cm³/mol. The SMILES string of the molecule is CCCCCN1C(=O)CNC(=O)C1(C)CC. The molecule has 1 aliphatic heterocycles. The van der Waals surface area contributed by atoms with Crippen LogP contribution in [-0.4, -0.2) is 35.3 Å². The molecule has 0 spiro atoms. The Labute approximate surface area is 97.4 Å². The second-order valence-corrected chi connectivity index (χ2v) is 4.56. The van der Waals surface area contributed by atoms with Gasteiger partial charge in [0.15, 0.2) is 0 Å². The molecule has 4 nitrogen and oxygen atoms in total. The Kier molecular flexibility index (Phi) is 4.33. The van der Waals surface area contributed by atoms with E-state index in [0.717, 1.165) is 19.3 Å². The quantitative estimate of drug-likeness (QED) is 0.718. The summed E-state index contributed by atoms with van der Waals surface area (Å²) in [4.78, 5) is 25.4. The molecule has 1 rings (SSSR count). The van der Waals surface area contributed by atoms with E-state index in [1.807, 2.05) is 13.8 Å². The molecule has 92 valence electrons. The highest BCUT2D eigenvalue weighted by molar-refractivity contribution is 5.97. The van der Waals surface area contributed by atoms with Gasteiger partial charge in [-0.25, -0.2) is 0 Å². The Bertz CT molecular complexity index is 278. The van der Waals surface area contributed by atoms with E-state index < -0.39 is 5.54 Å².